The molecule has 76 valence electrons. The number of rotatable bonds is 3. The fourth-order valence-corrected chi connectivity index (χ4v) is 1.74. The summed E-state index contributed by atoms with van der Waals surface area (Å²) in [7, 11) is 0. The van der Waals surface area contributed by atoms with Crippen LogP contribution in [0.1, 0.15) is 31.4 Å². The SMILES string of the molecule is CC(OC1CC(O)C1)c1ccccc1. The van der Waals surface area contributed by atoms with Crippen molar-refractivity contribution < 1.29 is 9.84 Å². The molecule has 0 saturated heterocycles. The van der Waals surface area contributed by atoms with E-state index in [2.05, 4.69) is 19.1 Å². The number of hydrogen-bond donors (Lipinski definition) is 1. The van der Waals surface area contributed by atoms with Gasteiger partial charge in [0, 0.05) is 0 Å². The van der Waals surface area contributed by atoms with Crippen LogP contribution >= 0.6 is 0 Å². The van der Waals surface area contributed by atoms with Gasteiger partial charge in [-0.25, -0.2) is 0 Å². The van der Waals surface area contributed by atoms with Gasteiger partial charge in [0.1, 0.15) is 0 Å². The lowest BCUT2D eigenvalue weighted by Gasteiger charge is -2.33. The van der Waals surface area contributed by atoms with Crippen LogP contribution in [0.25, 0.3) is 0 Å². The van der Waals surface area contributed by atoms with Crippen LogP contribution in [0.2, 0.25) is 0 Å². The normalized spacial score (nSPS) is 28.1. The Morgan fingerprint density at radius 1 is 1.29 bits per heavy atom. The lowest BCUT2D eigenvalue weighted by molar-refractivity contribution is -0.0998. The fraction of sp³-hybridized carbons (Fsp3) is 0.500. The van der Waals surface area contributed by atoms with Gasteiger partial charge >= 0.3 is 0 Å². The van der Waals surface area contributed by atoms with Crippen LogP contribution < -0.4 is 0 Å². The van der Waals surface area contributed by atoms with Crippen LogP contribution in [0.5, 0.6) is 0 Å². The number of benzene rings is 1. The van der Waals surface area contributed by atoms with Crippen LogP contribution in [0.3, 0.4) is 0 Å². The fourth-order valence-electron chi connectivity index (χ4n) is 1.74. The largest absolute Gasteiger partial charge is 0.393 e. The molecule has 1 aliphatic rings. The molecular weight excluding hydrogens is 176 g/mol. The summed E-state index contributed by atoms with van der Waals surface area (Å²) >= 11 is 0. The molecule has 1 saturated carbocycles. The first-order valence-electron chi connectivity index (χ1n) is 5.14. The molecule has 0 bridgehead atoms. The predicted molar refractivity (Wildman–Crippen MR) is 55.0 cm³/mol. The molecule has 1 aromatic rings. The molecule has 0 aliphatic heterocycles. The summed E-state index contributed by atoms with van der Waals surface area (Å²) in [5.41, 5.74) is 1.20. The molecule has 0 amide bonds. The molecular formula is C12H16O2. The van der Waals surface area contributed by atoms with E-state index < -0.39 is 0 Å². The highest BCUT2D eigenvalue weighted by Crippen LogP contribution is 2.28. The molecule has 0 radical (unpaired) electrons. The quantitative estimate of drug-likeness (QED) is 0.796. The van der Waals surface area contributed by atoms with E-state index in [1.54, 1.807) is 0 Å². The Labute approximate surface area is 84.5 Å². The smallest absolute Gasteiger partial charge is 0.0800 e. The third-order valence-electron chi connectivity index (χ3n) is 2.74. The summed E-state index contributed by atoms with van der Waals surface area (Å²) < 4.78 is 5.78. The van der Waals surface area contributed by atoms with Crippen molar-refractivity contribution in [2.75, 3.05) is 0 Å². The van der Waals surface area contributed by atoms with Gasteiger partial charge in [0.15, 0.2) is 0 Å². The van der Waals surface area contributed by atoms with Crippen molar-refractivity contribution >= 4 is 0 Å². The number of aliphatic hydroxyl groups excluding tert-OH is 1. The van der Waals surface area contributed by atoms with E-state index in [-0.39, 0.29) is 18.3 Å². The summed E-state index contributed by atoms with van der Waals surface area (Å²) in [5, 5.41) is 9.12. The minimum absolute atomic E-state index is 0.133. The molecule has 14 heavy (non-hydrogen) atoms. The minimum atomic E-state index is -0.136. The van der Waals surface area contributed by atoms with E-state index in [1.165, 1.54) is 5.56 Å². The van der Waals surface area contributed by atoms with Gasteiger partial charge < -0.3 is 9.84 Å². The van der Waals surface area contributed by atoms with Gasteiger partial charge in [0.05, 0.1) is 18.3 Å². The average Bonchev–Trinajstić information content (AvgIpc) is 2.17. The monoisotopic (exact) mass is 192 g/mol. The van der Waals surface area contributed by atoms with Gasteiger partial charge in [0.25, 0.3) is 0 Å². The Bertz CT molecular complexity index is 278. The van der Waals surface area contributed by atoms with Crippen LogP contribution in [0.4, 0.5) is 0 Å². The van der Waals surface area contributed by atoms with Gasteiger partial charge in [-0.1, -0.05) is 30.3 Å². The highest BCUT2D eigenvalue weighted by molar-refractivity contribution is 5.16. The summed E-state index contributed by atoms with van der Waals surface area (Å²) in [4.78, 5) is 0. The van der Waals surface area contributed by atoms with Crippen molar-refractivity contribution in [3.05, 3.63) is 35.9 Å². The Morgan fingerprint density at radius 3 is 2.50 bits per heavy atom. The summed E-state index contributed by atoms with van der Waals surface area (Å²) in [6.45, 7) is 2.06. The molecule has 0 spiro atoms. The first kappa shape index (κ1) is 9.69. The zero-order valence-corrected chi connectivity index (χ0v) is 8.39. The average molecular weight is 192 g/mol. The standard InChI is InChI=1S/C12H16O2/c1-9(10-5-3-2-4-6-10)14-12-7-11(13)8-12/h2-6,9,11-13H,7-8H2,1H3. The van der Waals surface area contributed by atoms with Gasteiger partial charge in [0.2, 0.25) is 0 Å². The highest BCUT2D eigenvalue weighted by atomic mass is 16.5. The summed E-state index contributed by atoms with van der Waals surface area (Å²) in [6.07, 6.45) is 1.82. The highest BCUT2D eigenvalue weighted by Gasteiger charge is 2.29. The zero-order valence-electron chi connectivity index (χ0n) is 8.39. The molecule has 0 aromatic heterocycles. The molecule has 1 unspecified atom stereocenters. The second-order valence-electron chi connectivity index (χ2n) is 3.94. The predicted octanol–water partition coefficient (Wildman–Crippen LogP) is 2.29. The van der Waals surface area contributed by atoms with E-state index in [1.807, 2.05) is 18.2 Å². The molecule has 2 rings (SSSR count). The van der Waals surface area contributed by atoms with Gasteiger partial charge in [-0.2, -0.15) is 0 Å². The Hall–Kier alpha value is -0.860. The molecule has 1 atom stereocenters. The Morgan fingerprint density at radius 2 is 1.93 bits per heavy atom. The van der Waals surface area contributed by atoms with E-state index in [0.29, 0.717) is 0 Å². The van der Waals surface area contributed by atoms with Crippen molar-refractivity contribution in [1.82, 2.24) is 0 Å². The summed E-state index contributed by atoms with van der Waals surface area (Å²) in [5.74, 6) is 0. The van der Waals surface area contributed by atoms with Crippen molar-refractivity contribution in [1.29, 1.82) is 0 Å². The van der Waals surface area contributed by atoms with Crippen molar-refractivity contribution in [2.45, 2.75) is 38.1 Å². The second-order valence-corrected chi connectivity index (χ2v) is 3.94. The molecule has 1 N–H and O–H groups in total. The lowest BCUT2D eigenvalue weighted by Crippen LogP contribution is -2.35. The van der Waals surface area contributed by atoms with Gasteiger partial charge in [-0.05, 0) is 25.3 Å². The molecule has 1 aromatic carbocycles. The van der Waals surface area contributed by atoms with Crippen LogP contribution in [0.15, 0.2) is 30.3 Å². The van der Waals surface area contributed by atoms with Crippen molar-refractivity contribution in [3.8, 4) is 0 Å². The van der Waals surface area contributed by atoms with Gasteiger partial charge in [-0.3, -0.25) is 0 Å². The van der Waals surface area contributed by atoms with Crippen LogP contribution in [0, 0.1) is 0 Å². The van der Waals surface area contributed by atoms with Gasteiger partial charge in [-0.15, -0.1) is 0 Å². The maximum atomic E-state index is 9.12. The number of aliphatic hydroxyl groups is 1. The zero-order chi connectivity index (χ0) is 9.97. The van der Waals surface area contributed by atoms with Crippen LogP contribution in [-0.4, -0.2) is 17.3 Å². The Balaban J connectivity index is 1.87. The third kappa shape index (κ3) is 2.14. The minimum Gasteiger partial charge on any atom is -0.393 e. The maximum absolute atomic E-state index is 9.12. The van der Waals surface area contributed by atoms with Crippen LogP contribution in [-0.2, 0) is 4.74 Å². The topological polar surface area (TPSA) is 29.5 Å². The number of hydrogen-bond acceptors (Lipinski definition) is 2. The lowest BCUT2D eigenvalue weighted by atomic mass is 9.92. The van der Waals surface area contributed by atoms with E-state index in [4.69, 9.17) is 9.84 Å². The first-order valence-corrected chi connectivity index (χ1v) is 5.14. The van der Waals surface area contributed by atoms with Crippen molar-refractivity contribution in [3.63, 3.8) is 0 Å². The summed E-state index contributed by atoms with van der Waals surface area (Å²) in [6, 6.07) is 10.2. The molecule has 1 aliphatic carbocycles. The third-order valence-corrected chi connectivity index (χ3v) is 2.74. The van der Waals surface area contributed by atoms with E-state index in [9.17, 15) is 0 Å². The number of ether oxygens (including phenoxy) is 1. The molecule has 0 heterocycles. The van der Waals surface area contributed by atoms with E-state index in [0.717, 1.165) is 12.8 Å². The first-order chi connectivity index (χ1) is 6.75. The second kappa shape index (κ2) is 4.11. The molecule has 2 nitrogen and oxygen atoms in total. The Kier molecular flexibility index (Phi) is 2.85. The maximum Gasteiger partial charge on any atom is 0.0800 e. The van der Waals surface area contributed by atoms with Crippen molar-refractivity contribution in [2.24, 2.45) is 0 Å². The molecule has 1 fully saturated rings. The van der Waals surface area contributed by atoms with E-state index >= 15 is 0 Å². The molecule has 2 heteroatoms.